The van der Waals surface area contributed by atoms with Crippen LogP contribution >= 0.6 is 0 Å². The minimum atomic E-state index is -1.04. The van der Waals surface area contributed by atoms with Crippen LogP contribution < -0.4 is 0 Å². The van der Waals surface area contributed by atoms with Crippen LogP contribution in [0.5, 0.6) is 0 Å². The van der Waals surface area contributed by atoms with Crippen molar-refractivity contribution in [1.29, 1.82) is 0 Å². The molecule has 1 N–H and O–H groups in total. The van der Waals surface area contributed by atoms with E-state index >= 15 is 0 Å². The zero-order valence-electron chi connectivity index (χ0n) is 11.4. The first kappa shape index (κ1) is 13.1. The summed E-state index contributed by atoms with van der Waals surface area (Å²) >= 11 is 0. The normalized spacial score (nSPS) is 26.9. The smallest absolute Gasteiger partial charge is 0.335 e. The number of aliphatic carboxylic acids is 1. The third kappa shape index (κ3) is 2.07. The molecule has 7 heteroatoms. The van der Waals surface area contributed by atoms with Gasteiger partial charge >= 0.3 is 5.97 Å². The number of nitrogens with zero attached hydrogens (tertiary/aromatic N) is 3. The molecule has 2 heterocycles. The number of carbonyl (C=O) groups is 2. The molecular formula is C13H17N3O4. The van der Waals surface area contributed by atoms with Gasteiger partial charge < -0.3 is 14.7 Å². The molecule has 1 saturated carbocycles. The molecule has 1 aliphatic heterocycles. The molecule has 1 aromatic rings. The highest BCUT2D eigenvalue weighted by Gasteiger charge is 2.48. The molecule has 0 spiro atoms. The molecule has 1 amide bonds. The molecule has 3 rings (SSSR count). The summed E-state index contributed by atoms with van der Waals surface area (Å²) in [6.07, 6.45) is 2.59. The van der Waals surface area contributed by atoms with Crippen molar-refractivity contribution in [3.63, 3.8) is 0 Å². The molecule has 2 fully saturated rings. The lowest BCUT2D eigenvalue weighted by atomic mass is 9.98. The second-order valence-electron chi connectivity index (χ2n) is 5.39. The molecule has 0 radical (unpaired) electrons. The van der Waals surface area contributed by atoms with Gasteiger partial charge in [0.1, 0.15) is 6.61 Å². The van der Waals surface area contributed by atoms with E-state index < -0.39 is 18.1 Å². The van der Waals surface area contributed by atoms with E-state index in [1.54, 1.807) is 22.8 Å². The number of amides is 1. The van der Waals surface area contributed by atoms with Crippen LogP contribution in [-0.4, -0.2) is 50.4 Å². The predicted molar refractivity (Wildman–Crippen MR) is 67.9 cm³/mol. The number of aryl methyl sites for hydroxylation is 2. The SMILES string of the molecule is Cc1nn(C)cc1C1C(C(=O)O)OCC(=O)N1C1CC1. The Bertz CT molecular complexity index is 564. The maximum atomic E-state index is 12.1. The zero-order chi connectivity index (χ0) is 14.4. The van der Waals surface area contributed by atoms with E-state index in [0.29, 0.717) is 0 Å². The third-order valence-corrected chi connectivity index (χ3v) is 3.81. The lowest BCUT2D eigenvalue weighted by molar-refractivity contribution is -0.174. The lowest BCUT2D eigenvalue weighted by Gasteiger charge is -2.39. The zero-order valence-corrected chi connectivity index (χ0v) is 11.4. The van der Waals surface area contributed by atoms with Crippen LogP contribution in [0.1, 0.15) is 30.1 Å². The Labute approximate surface area is 116 Å². The maximum Gasteiger partial charge on any atom is 0.335 e. The highest BCUT2D eigenvalue weighted by molar-refractivity contribution is 5.83. The van der Waals surface area contributed by atoms with Crippen molar-refractivity contribution in [2.45, 2.75) is 38.0 Å². The lowest BCUT2D eigenvalue weighted by Crippen LogP contribution is -2.52. The number of carbonyl (C=O) groups excluding carboxylic acids is 1. The van der Waals surface area contributed by atoms with Gasteiger partial charge in [-0.25, -0.2) is 4.79 Å². The molecule has 1 aromatic heterocycles. The number of aromatic nitrogens is 2. The third-order valence-electron chi connectivity index (χ3n) is 3.81. The number of hydrogen-bond donors (Lipinski definition) is 1. The fraction of sp³-hybridized carbons (Fsp3) is 0.615. The fourth-order valence-electron chi connectivity index (χ4n) is 2.84. The van der Waals surface area contributed by atoms with Crippen LogP contribution in [0, 0.1) is 6.92 Å². The number of carboxylic acid groups (broad SMARTS) is 1. The molecule has 7 nitrogen and oxygen atoms in total. The van der Waals surface area contributed by atoms with Crippen LogP contribution in [0.4, 0.5) is 0 Å². The summed E-state index contributed by atoms with van der Waals surface area (Å²) in [5, 5.41) is 13.6. The number of morpholine rings is 1. The topological polar surface area (TPSA) is 84.7 Å². The van der Waals surface area contributed by atoms with Crippen molar-refractivity contribution >= 4 is 11.9 Å². The number of hydrogen-bond acceptors (Lipinski definition) is 4. The van der Waals surface area contributed by atoms with Crippen molar-refractivity contribution in [2.75, 3.05) is 6.61 Å². The summed E-state index contributed by atoms with van der Waals surface area (Å²) in [4.78, 5) is 25.3. The Morgan fingerprint density at radius 1 is 1.50 bits per heavy atom. The van der Waals surface area contributed by atoms with Gasteiger partial charge in [0, 0.05) is 24.8 Å². The molecule has 1 aliphatic carbocycles. The molecule has 0 aromatic carbocycles. The van der Waals surface area contributed by atoms with Gasteiger partial charge in [0.05, 0.1) is 11.7 Å². The molecule has 2 aliphatic rings. The molecular weight excluding hydrogens is 262 g/mol. The van der Waals surface area contributed by atoms with Gasteiger partial charge in [-0.05, 0) is 19.8 Å². The summed E-state index contributed by atoms with van der Waals surface area (Å²) in [6.45, 7) is 1.65. The molecule has 0 bridgehead atoms. The van der Waals surface area contributed by atoms with Gasteiger partial charge in [0.15, 0.2) is 6.10 Å². The Morgan fingerprint density at radius 3 is 2.70 bits per heavy atom. The summed E-state index contributed by atoms with van der Waals surface area (Å²) < 4.78 is 6.90. The van der Waals surface area contributed by atoms with Crippen molar-refractivity contribution < 1.29 is 19.4 Å². The molecule has 2 unspecified atom stereocenters. The van der Waals surface area contributed by atoms with Gasteiger partial charge in [-0.3, -0.25) is 9.48 Å². The summed E-state index contributed by atoms with van der Waals surface area (Å²) in [5.74, 6) is -1.19. The monoisotopic (exact) mass is 279 g/mol. The standard InChI is InChI=1S/C13H17N3O4/c1-7-9(5-15(2)14-7)11-12(13(18)19)20-6-10(17)16(11)8-3-4-8/h5,8,11-12H,3-4,6H2,1-2H3,(H,18,19). The Hall–Kier alpha value is -1.89. The average molecular weight is 279 g/mol. The Balaban J connectivity index is 2.04. The van der Waals surface area contributed by atoms with E-state index in [-0.39, 0.29) is 18.6 Å². The summed E-state index contributed by atoms with van der Waals surface area (Å²) in [5.41, 5.74) is 1.48. The largest absolute Gasteiger partial charge is 0.479 e. The van der Waals surface area contributed by atoms with Gasteiger partial charge in [-0.1, -0.05) is 0 Å². The first-order valence-corrected chi connectivity index (χ1v) is 6.64. The first-order chi connectivity index (χ1) is 9.49. The van der Waals surface area contributed by atoms with Crippen molar-refractivity contribution in [3.8, 4) is 0 Å². The average Bonchev–Trinajstić information content (AvgIpc) is 3.14. The predicted octanol–water partition coefficient (Wildman–Crippen LogP) is 0.244. The number of ether oxygens (including phenoxy) is 1. The minimum absolute atomic E-state index is 0.137. The van der Waals surface area contributed by atoms with E-state index in [0.717, 1.165) is 24.1 Å². The first-order valence-electron chi connectivity index (χ1n) is 6.64. The van der Waals surface area contributed by atoms with Gasteiger partial charge in [0.2, 0.25) is 5.91 Å². The second kappa shape index (κ2) is 4.59. The van der Waals surface area contributed by atoms with E-state index in [2.05, 4.69) is 5.10 Å². The van der Waals surface area contributed by atoms with E-state index in [4.69, 9.17) is 4.74 Å². The number of rotatable bonds is 3. The van der Waals surface area contributed by atoms with Crippen LogP contribution in [0.3, 0.4) is 0 Å². The molecule has 20 heavy (non-hydrogen) atoms. The van der Waals surface area contributed by atoms with Crippen LogP contribution in [0.15, 0.2) is 6.20 Å². The van der Waals surface area contributed by atoms with Crippen LogP contribution in [0.2, 0.25) is 0 Å². The Kier molecular flexibility index (Phi) is 3.01. The maximum absolute atomic E-state index is 12.1. The summed E-state index contributed by atoms with van der Waals surface area (Å²) in [7, 11) is 1.78. The summed E-state index contributed by atoms with van der Waals surface area (Å²) in [6, 6.07) is -0.451. The quantitative estimate of drug-likeness (QED) is 0.857. The van der Waals surface area contributed by atoms with Crippen LogP contribution in [-0.2, 0) is 21.4 Å². The van der Waals surface area contributed by atoms with Crippen molar-refractivity contribution in [2.24, 2.45) is 7.05 Å². The second-order valence-corrected chi connectivity index (χ2v) is 5.39. The molecule has 1 saturated heterocycles. The Morgan fingerprint density at radius 2 is 2.20 bits per heavy atom. The highest BCUT2D eigenvalue weighted by atomic mass is 16.5. The van der Waals surface area contributed by atoms with E-state index in [1.165, 1.54) is 0 Å². The van der Waals surface area contributed by atoms with E-state index in [9.17, 15) is 14.7 Å². The van der Waals surface area contributed by atoms with Gasteiger partial charge in [-0.15, -0.1) is 0 Å². The van der Waals surface area contributed by atoms with Gasteiger partial charge in [0.25, 0.3) is 0 Å². The fourth-order valence-corrected chi connectivity index (χ4v) is 2.84. The minimum Gasteiger partial charge on any atom is -0.479 e. The van der Waals surface area contributed by atoms with Crippen molar-refractivity contribution in [3.05, 3.63) is 17.5 Å². The van der Waals surface area contributed by atoms with Crippen molar-refractivity contribution in [1.82, 2.24) is 14.7 Å². The number of carboxylic acids is 1. The van der Waals surface area contributed by atoms with Gasteiger partial charge in [-0.2, -0.15) is 5.10 Å². The van der Waals surface area contributed by atoms with Crippen LogP contribution in [0.25, 0.3) is 0 Å². The molecule has 108 valence electrons. The highest BCUT2D eigenvalue weighted by Crippen LogP contribution is 2.40. The van der Waals surface area contributed by atoms with E-state index in [1.807, 2.05) is 6.92 Å². The molecule has 2 atom stereocenters.